The zero-order valence-corrected chi connectivity index (χ0v) is 12.5. The van der Waals surface area contributed by atoms with E-state index < -0.39 is 0 Å². The van der Waals surface area contributed by atoms with Crippen molar-refractivity contribution < 1.29 is 9.18 Å². The van der Waals surface area contributed by atoms with Crippen molar-refractivity contribution in [3.05, 3.63) is 35.6 Å². The van der Waals surface area contributed by atoms with Crippen LogP contribution in [0.5, 0.6) is 0 Å². The number of benzene rings is 1. The molecular formula is C15H22FNOS. The molecule has 0 heterocycles. The van der Waals surface area contributed by atoms with Crippen LogP contribution < -0.4 is 0 Å². The number of nitrogens with zero attached hydrogens (tertiary/aromatic N) is 1. The molecule has 0 fully saturated rings. The first-order valence-corrected chi connectivity index (χ1v) is 8.08. The maximum Gasteiger partial charge on any atom is 0.232 e. The number of carbonyl (C=O) groups is 1. The minimum atomic E-state index is -0.239. The van der Waals surface area contributed by atoms with Gasteiger partial charge in [0.1, 0.15) is 5.82 Å². The molecule has 2 nitrogen and oxygen atoms in total. The molecule has 0 aliphatic heterocycles. The Morgan fingerprint density at radius 1 is 1.26 bits per heavy atom. The van der Waals surface area contributed by atoms with E-state index in [-0.39, 0.29) is 11.7 Å². The van der Waals surface area contributed by atoms with Gasteiger partial charge in [-0.15, -0.1) is 0 Å². The third-order valence-corrected chi connectivity index (χ3v) is 3.47. The van der Waals surface area contributed by atoms with Crippen molar-refractivity contribution in [2.75, 3.05) is 18.6 Å². The molecule has 0 radical (unpaired) electrons. The highest BCUT2D eigenvalue weighted by Gasteiger charge is 2.12. The van der Waals surface area contributed by atoms with E-state index in [9.17, 15) is 9.18 Å². The van der Waals surface area contributed by atoms with E-state index in [1.165, 1.54) is 23.9 Å². The first-order valence-electron chi connectivity index (χ1n) is 6.68. The molecule has 0 spiro atoms. The van der Waals surface area contributed by atoms with Crippen LogP contribution in [0, 0.1) is 5.82 Å². The number of thioether (sulfide) groups is 1. The van der Waals surface area contributed by atoms with Crippen LogP contribution in [-0.4, -0.2) is 29.4 Å². The van der Waals surface area contributed by atoms with Crippen molar-refractivity contribution >= 4 is 17.7 Å². The van der Waals surface area contributed by atoms with Gasteiger partial charge in [-0.3, -0.25) is 4.79 Å². The monoisotopic (exact) mass is 283 g/mol. The summed E-state index contributed by atoms with van der Waals surface area (Å²) in [4.78, 5) is 13.9. The Morgan fingerprint density at radius 3 is 2.53 bits per heavy atom. The molecule has 106 valence electrons. The van der Waals surface area contributed by atoms with Gasteiger partial charge < -0.3 is 4.90 Å². The molecule has 1 aromatic carbocycles. The average molecular weight is 283 g/mol. The second kappa shape index (κ2) is 8.97. The lowest BCUT2D eigenvalue weighted by atomic mass is 10.2. The molecule has 1 rings (SSSR count). The maximum absolute atomic E-state index is 12.9. The molecule has 0 aromatic heterocycles. The molecule has 0 aliphatic carbocycles. The minimum Gasteiger partial charge on any atom is -0.338 e. The number of halogens is 1. The highest BCUT2D eigenvalue weighted by atomic mass is 32.2. The van der Waals surface area contributed by atoms with Crippen molar-refractivity contribution in [1.82, 2.24) is 4.90 Å². The smallest absolute Gasteiger partial charge is 0.232 e. The number of hydrogen-bond donors (Lipinski definition) is 0. The molecule has 0 atom stereocenters. The number of carbonyl (C=O) groups excluding carboxylic acids is 1. The van der Waals surface area contributed by atoms with Crippen LogP contribution >= 0.6 is 11.8 Å². The largest absolute Gasteiger partial charge is 0.338 e. The zero-order valence-electron chi connectivity index (χ0n) is 11.7. The zero-order chi connectivity index (χ0) is 14.1. The normalized spacial score (nSPS) is 10.5. The highest BCUT2D eigenvalue weighted by Crippen LogP contribution is 2.10. The molecule has 19 heavy (non-hydrogen) atoms. The fourth-order valence-electron chi connectivity index (χ4n) is 1.87. The van der Waals surface area contributed by atoms with Gasteiger partial charge in [0.25, 0.3) is 0 Å². The van der Waals surface area contributed by atoms with Crippen LogP contribution in [0.2, 0.25) is 0 Å². The lowest BCUT2D eigenvalue weighted by molar-refractivity contribution is -0.129. The van der Waals surface area contributed by atoms with Crippen molar-refractivity contribution in [3.63, 3.8) is 0 Å². The van der Waals surface area contributed by atoms with E-state index in [2.05, 4.69) is 6.92 Å². The van der Waals surface area contributed by atoms with Gasteiger partial charge in [0.2, 0.25) is 5.91 Å². The topological polar surface area (TPSA) is 20.3 Å². The van der Waals surface area contributed by atoms with Gasteiger partial charge in [-0.2, -0.15) is 11.8 Å². The van der Waals surface area contributed by atoms with Crippen molar-refractivity contribution in [1.29, 1.82) is 0 Å². The second-order valence-electron chi connectivity index (χ2n) is 4.58. The fourth-order valence-corrected chi connectivity index (χ4v) is 2.30. The molecule has 4 heteroatoms. The summed E-state index contributed by atoms with van der Waals surface area (Å²) >= 11 is 1.54. The number of unbranched alkanes of at least 4 members (excludes halogenated alkanes) is 2. The minimum absolute atomic E-state index is 0.160. The maximum atomic E-state index is 12.9. The summed E-state index contributed by atoms with van der Waals surface area (Å²) in [5.41, 5.74) is 0.979. The van der Waals surface area contributed by atoms with Crippen LogP contribution in [0.15, 0.2) is 24.3 Å². The molecule has 1 aromatic rings. The lowest BCUT2D eigenvalue weighted by Crippen LogP contribution is -2.32. The third-order valence-electron chi connectivity index (χ3n) is 2.94. The molecule has 1 amide bonds. The molecule has 0 saturated heterocycles. The molecular weight excluding hydrogens is 261 g/mol. The Morgan fingerprint density at radius 2 is 1.95 bits per heavy atom. The third kappa shape index (κ3) is 6.10. The summed E-state index contributed by atoms with van der Waals surface area (Å²) < 4.78 is 12.9. The predicted molar refractivity (Wildman–Crippen MR) is 79.7 cm³/mol. The van der Waals surface area contributed by atoms with E-state index in [1.807, 2.05) is 11.2 Å². The van der Waals surface area contributed by atoms with Gasteiger partial charge in [-0.25, -0.2) is 4.39 Å². The van der Waals surface area contributed by atoms with E-state index in [0.717, 1.165) is 31.4 Å². The Labute approximate surface area is 119 Å². The van der Waals surface area contributed by atoms with Crippen molar-refractivity contribution in [3.8, 4) is 0 Å². The summed E-state index contributed by atoms with van der Waals surface area (Å²) in [6.07, 6.45) is 5.23. The highest BCUT2D eigenvalue weighted by molar-refractivity contribution is 7.99. The molecule has 0 unspecified atom stereocenters. The average Bonchev–Trinajstić information content (AvgIpc) is 2.40. The van der Waals surface area contributed by atoms with E-state index in [4.69, 9.17) is 0 Å². The van der Waals surface area contributed by atoms with Crippen LogP contribution in [-0.2, 0) is 11.3 Å². The Bertz CT molecular complexity index is 380. The number of amides is 1. The molecule has 0 N–H and O–H groups in total. The Kier molecular flexibility index (Phi) is 7.56. The number of rotatable bonds is 8. The molecule has 0 saturated carbocycles. The van der Waals surface area contributed by atoms with E-state index >= 15 is 0 Å². The van der Waals surface area contributed by atoms with E-state index in [1.54, 1.807) is 12.1 Å². The summed E-state index contributed by atoms with van der Waals surface area (Å²) in [6, 6.07) is 6.38. The lowest BCUT2D eigenvalue weighted by Gasteiger charge is -2.22. The van der Waals surface area contributed by atoms with Gasteiger partial charge in [-0.1, -0.05) is 31.9 Å². The summed E-state index contributed by atoms with van der Waals surface area (Å²) in [7, 11) is 0. The first kappa shape index (κ1) is 16.0. The van der Waals surface area contributed by atoms with Crippen LogP contribution in [0.25, 0.3) is 0 Å². The summed E-state index contributed by atoms with van der Waals surface area (Å²) in [5.74, 6) is 0.428. The van der Waals surface area contributed by atoms with Crippen molar-refractivity contribution in [2.24, 2.45) is 0 Å². The van der Waals surface area contributed by atoms with Gasteiger partial charge in [-0.05, 0) is 30.4 Å². The van der Waals surface area contributed by atoms with Gasteiger partial charge in [0.05, 0.1) is 5.75 Å². The quantitative estimate of drug-likeness (QED) is 0.678. The molecule has 0 aliphatic rings. The first-order chi connectivity index (χ1) is 9.17. The van der Waals surface area contributed by atoms with Gasteiger partial charge in [0.15, 0.2) is 0 Å². The number of hydrogen-bond acceptors (Lipinski definition) is 2. The van der Waals surface area contributed by atoms with E-state index in [0.29, 0.717) is 12.3 Å². The van der Waals surface area contributed by atoms with Crippen LogP contribution in [0.4, 0.5) is 4.39 Å². The van der Waals surface area contributed by atoms with Crippen LogP contribution in [0.3, 0.4) is 0 Å². The standard InChI is InChI=1S/C15H22FNOS/c1-3-4-5-10-17(15(18)12-19-2)11-13-6-8-14(16)9-7-13/h6-9H,3-5,10-12H2,1-2H3. The Hall–Kier alpha value is -1.03. The van der Waals surface area contributed by atoms with Gasteiger partial charge >= 0.3 is 0 Å². The SMILES string of the molecule is CCCCCN(Cc1ccc(F)cc1)C(=O)CSC. The predicted octanol–water partition coefficient (Wildman–Crippen LogP) is 3.71. The fraction of sp³-hybridized carbons (Fsp3) is 0.533. The molecule has 0 bridgehead atoms. The van der Waals surface area contributed by atoms with Gasteiger partial charge in [0, 0.05) is 13.1 Å². The van der Waals surface area contributed by atoms with Crippen molar-refractivity contribution in [2.45, 2.75) is 32.7 Å². The summed E-state index contributed by atoms with van der Waals surface area (Å²) in [5, 5.41) is 0. The van der Waals surface area contributed by atoms with Crippen LogP contribution in [0.1, 0.15) is 31.7 Å². The Balaban J connectivity index is 2.61. The summed E-state index contributed by atoms with van der Waals surface area (Å²) in [6.45, 7) is 3.50. The second-order valence-corrected chi connectivity index (χ2v) is 5.45.